The molecule has 1 aromatic rings. The quantitative estimate of drug-likeness (QED) is 0.887. The topological polar surface area (TPSA) is 61.8 Å². The third kappa shape index (κ3) is 3.19. The fourth-order valence-electron chi connectivity index (χ4n) is 3.22. The van der Waals surface area contributed by atoms with E-state index in [0.29, 0.717) is 23.8 Å². The van der Waals surface area contributed by atoms with Gasteiger partial charge < -0.3 is 15.2 Å². The maximum atomic E-state index is 11.3. The number of benzene rings is 1. The van der Waals surface area contributed by atoms with Crippen molar-refractivity contribution < 1.29 is 14.6 Å². The molecule has 0 radical (unpaired) electrons. The summed E-state index contributed by atoms with van der Waals surface area (Å²) in [4.78, 5) is 13.7. The molecule has 2 fully saturated rings. The Hall–Kier alpha value is -1.59. The van der Waals surface area contributed by atoms with Gasteiger partial charge in [-0.3, -0.25) is 4.90 Å². The van der Waals surface area contributed by atoms with Crippen LogP contribution in [0, 0.1) is 6.92 Å². The molecule has 0 bridgehead atoms. The molecule has 2 heterocycles. The molecule has 0 aromatic heterocycles. The third-order valence-corrected chi connectivity index (χ3v) is 4.39. The molecule has 0 amide bonds. The van der Waals surface area contributed by atoms with E-state index in [1.54, 1.807) is 6.07 Å². The summed E-state index contributed by atoms with van der Waals surface area (Å²) in [6, 6.07) is 5.94. The van der Waals surface area contributed by atoms with E-state index < -0.39 is 5.97 Å². The van der Waals surface area contributed by atoms with Crippen molar-refractivity contribution in [1.29, 1.82) is 0 Å². The SMILES string of the molecule is Cc1ccc(C(=O)O)c(NCC2CN3CCCC3CO2)c1. The minimum absolute atomic E-state index is 0.126. The molecule has 114 valence electrons. The van der Waals surface area contributed by atoms with Crippen LogP contribution in [0.3, 0.4) is 0 Å². The number of morpholine rings is 1. The summed E-state index contributed by atoms with van der Waals surface area (Å²) in [5.41, 5.74) is 2.04. The molecular weight excluding hydrogens is 268 g/mol. The normalized spacial score (nSPS) is 25.6. The van der Waals surface area contributed by atoms with Gasteiger partial charge in [0, 0.05) is 24.8 Å². The monoisotopic (exact) mass is 290 g/mol. The molecule has 2 atom stereocenters. The van der Waals surface area contributed by atoms with E-state index in [1.165, 1.54) is 12.8 Å². The molecule has 2 unspecified atom stereocenters. The average Bonchev–Trinajstić information content (AvgIpc) is 2.92. The highest BCUT2D eigenvalue weighted by Crippen LogP contribution is 2.23. The molecule has 5 heteroatoms. The number of aryl methyl sites for hydroxylation is 1. The number of ether oxygens (including phenoxy) is 1. The van der Waals surface area contributed by atoms with Gasteiger partial charge in [0.05, 0.1) is 18.3 Å². The van der Waals surface area contributed by atoms with Gasteiger partial charge in [-0.2, -0.15) is 0 Å². The minimum atomic E-state index is -0.901. The van der Waals surface area contributed by atoms with E-state index in [9.17, 15) is 9.90 Å². The maximum absolute atomic E-state index is 11.3. The molecule has 5 nitrogen and oxygen atoms in total. The number of carbonyl (C=O) groups is 1. The number of rotatable bonds is 4. The molecule has 2 N–H and O–H groups in total. The Kier molecular flexibility index (Phi) is 4.12. The second-order valence-electron chi connectivity index (χ2n) is 5.98. The van der Waals surface area contributed by atoms with Crippen LogP contribution in [-0.2, 0) is 4.74 Å². The van der Waals surface area contributed by atoms with Gasteiger partial charge in [-0.05, 0) is 44.0 Å². The lowest BCUT2D eigenvalue weighted by Gasteiger charge is -2.35. The summed E-state index contributed by atoms with van der Waals surface area (Å²) in [5, 5.41) is 12.5. The molecule has 2 aliphatic heterocycles. The Labute approximate surface area is 124 Å². The van der Waals surface area contributed by atoms with Gasteiger partial charge in [0.25, 0.3) is 0 Å². The number of aromatic carboxylic acids is 1. The van der Waals surface area contributed by atoms with Gasteiger partial charge in [-0.1, -0.05) is 6.07 Å². The van der Waals surface area contributed by atoms with Gasteiger partial charge in [0.2, 0.25) is 0 Å². The molecule has 0 spiro atoms. The molecule has 21 heavy (non-hydrogen) atoms. The summed E-state index contributed by atoms with van der Waals surface area (Å²) in [6.07, 6.45) is 2.62. The second-order valence-corrected chi connectivity index (χ2v) is 5.98. The van der Waals surface area contributed by atoms with Crippen molar-refractivity contribution in [3.63, 3.8) is 0 Å². The zero-order valence-electron chi connectivity index (χ0n) is 12.3. The maximum Gasteiger partial charge on any atom is 0.337 e. The van der Waals surface area contributed by atoms with E-state index in [-0.39, 0.29) is 6.10 Å². The number of fused-ring (bicyclic) bond motifs is 1. The Morgan fingerprint density at radius 1 is 1.52 bits per heavy atom. The molecule has 0 saturated carbocycles. The van der Waals surface area contributed by atoms with E-state index in [1.807, 2.05) is 19.1 Å². The van der Waals surface area contributed by atoms with Crippen molar-refractivity contribution in [3.8, 4) is 0 Å². The van der Waals surface area contributed by atoms with Crippen LogP contribution in [0.15, 0.2) is 18.2 Å². The molecule has 0 aliphatic carbocycles. The van der Waals surface area contributed by atoms with Crippen molar-refractivity contribution >= 4 is 11.7 Å². The molecule has 1 aromatic carbocycles. The number of carboxylic acid groups (broad SMARTS) is 1. The zero-order valence-corrected chi connectivity index (χ0v) is 12.3. The number of nitrogens with zero attached hydrogens (tertiary/aromatic N) is 1. The number of anilines is 1. The predicted octanol–water partition coefficient (Wildman–Crippen LogP) is 1.97. The van der Waals surface area contributed by atoms with Crippen LogP contribution in [0.4, 0.5) is 5.69 Å². The molecule has 3 rings (SSSR count). The zero-order chi connectivity index (χ0) is 14.8. The van der Waals surface area contributed by atoms with Gasteiger partial charge in [0.15, 0.2) is 0 Å². The Morgan fingerprint density at radius 3 is 3.19 bits per heavy atom. The largest absolute Gasteiger partial charge is 0.478 e. The van der Waals surface area contributed by atoms with Crippen molar-refractivity contribution in [1.82, 2.24) is 4.90 Å². The fourth-order valence-corrected chi connectivity index (χ4v) is 3.22. The minimum Gasteiger partial charge on any atom is -0.478 e. The first-order valence-electron chi connectivity index (χ1n) is 7.57. The van der Waals surface area contributed by atoms with Crippen LogP contribution in [-0.4, -0.2) is 54.4 Å². The Bertz CT molecular complexity index is 532. The van der Waals surface area contributed by atoms with Crippen LogP contribution in [0.1, 0.15) is 28.8 Å². The van der Waals surface area contributed by atoms with E-state index in [2.05, 4.69) is 10.2 Å². The van der Waals surface area contributed by atoms with Gasteiger partial charge in [-0.25, -0.2) is 4.79 Å². The van der Waals surface area contributed by atoms with Gasteiger partial charge in [-0.15, -0.1) is 0 Å². The van der Waals surface area contributed by atoms with Gasteiger partial charge in [0.1, 0.15) is 0 Å². The van der Waals surface area contributed by atoms with Crippen LogP contribution in [0.5, 0.6) is 0 Å². The van der Waals surface area contributed by atoms with E-state index in [4.69, 9.17) is 4.74 Å². The van der Waals surface area contributed by atoms with Crippen LogP contribution in [0.2, 0.25) is 0 Å². The number of hydrogen-bond donors (Lipinski definition) is 2. The van der Waals surface area contributed by atoms with Crippen molar-refractivity contribution in [2.24, 2.45) is 0 Å². The lowest BCUT2D eigenvalue weighted by atomic mass is 10.1. The predicted molar refractivity (Wildman–Crippen MR) is 81.0 cm³/mol. The van der Waals surface area contributed by atoms with Crippen LogP contribution in [0.25, 0.3) is 0 Å². The highest BCUT2D eigenvalue weighted by Gasteiger charge is 2.32. The van der Waals surface area contributed by atoms with E-state index in [0.717, 1.165) is 25.3 Å². The van der Waals surface area contributed by atoms with Crippen LogP contribution >= 0.6 is 0 Å². The van der Waals surface area contributed by atoms with Crippen LogP contribution < -0.4 is 5.32 Å². The smallest absolute Gasteiger partial charge is 0.337 e. The summed E-state index contributed by atoms with van der Waals surface area (Å²) in [6.45, 7) is 5.50. The lowest BCUT2D eigenvalue weighted by molar-refractivity contribution is -0.0415. The average molecular weight is 290 g/mol. The lowest BCUT2D eigenvalue weighted by Crippen LogP contribution is -2.48. The van der Waals surface area contributed by atoms with Crippen molar-refractivity contribution in [3.05, 3.63) is 29.3 Å². The first kappa shape index (κ1) is 14.4. The first-order valence-corrected chi connectivity index (χ1v) is 7.57. The van der Waals surface area contributed by atoms with Gasteiger partial charge >= 0.3 is 5.97 Å². The van der Waals surface area contributed by atoms with Crippen molar-refractivity contribution in [2.75, 3.05) is 31.6 Å². The fraction of sp³-hybridized carbons (Fsp3) is 0.562. The Morgan fingerprint density at radius 2 is 2.38 bits per heavy atom. The second kappa shape index (κ2) is 6.03. The molecule has 2 saturated heterocycles. The number of hydrogen-bond acceptors (Lipinski definition) is 4. The standard InChI is InChI=1S/C16H22N2O3/c1-11-4-5-14(16(19)20)15(7-11)17-8-13-9-18-6-2-3-12(18)10-21-13/h4-5,7,12-13,17H,2-3,6,8-10H2,1H3,(H,19,20). The summed E-state index contributed by atoms with van der Waals surface area (Å²) in [5.74, 6) is -0.901. The van der Waals surface area contributed by atoms with Crippen molar-refractivity contribution in [2.45, 2.75) is 31.9 Å². The Balaban J connectivity index is 1.62. The first-order chi connectivity index (χ1) is 10.1. The van der Waals surface area contributed by atoms with E-state index >= 15 is 0 Å². The summed E-state index contributed by atoms with van der Waals surface area (Å²) >= 11 is 0. The summed E-state index contributed by atoms with van der Waals surface area (Å²) < 4.78 is 5.89. The highest BCUT2D eigenvalue weighted by molar-refractivity contribution is 5.94. The number of carboxylic acids is 1. The molecular formula is C16H22N2O3. The highest BCUT2D eigenvalue weighted by atomic mass is 16.5. The summed E-state index contributed by atoms with van der Waals surface area (Å²) in [7, 11) is 0. The third-order valence-electron chi connectivity index (χ3n) is 4.39. The number of nitrogens with one attached hydrogen (secondary N) is 1. The molecule has 2 aliphatic rings.